The Kier molecular flexibility index (Phi) is 5.75. The molecule has 2 N–H and O–H groups in total. The molecule has 0 radical (unpaired) electrons. The van der Waals surface area contributed by atoms with Gasteiger partial charge in [0, 0.05) is 38.3 Å². The molecule has 3 fully saturated rings. The highest BCUT2D eigenvalue weighted by atomic mass is 16.2. The lowest BCUT2D eigenvalue weighted by Gasteiger charge is -2.35. The van der Waals surface area contributed by atoms with E-state index in [1.165, 1.54) is 25.7 Å². The molecule has 0 aromatic rings. The minimum absolute atomic E-state index is 0.0824. The Morgan fingerprint density at radius 2 is 1.39 bits per heavy atom. The number of carbonyl (C=O) groups is 2. The van der Waals surface area contributed by atoms with Crippen LogP contribution < -0.4 is 10.6 Å². The average Bonchev–Trinajstić information content (AvgIpc) is 3.36. The summed E-state index contributed by atoms with van der Waals surface area (Å²) in [6.07, 6.45) is 9.55. The molecule has 6 nitrogen and oxygen atoms in total. The number of rotatable bonds is 4. The number of nitrogens with one attached hydrogen (secondary N) is 2. The van der Waals surface area contributed by atoms with E-state index in [-0.39, 0.29) is 11.9 Å². The van der Waals surface area contributed by atoms with Crippen molar-refractivity contribution in [1.82, 2.24) is 20.4 Å². The zero-order chi connectivity index (χ0) is 16.1. The lowest BCUT2D eigenvalue weighted by molar-refractivity contribution is -0.122. The molecule has 3 amide bonds. The van der Waals surface area contributed by atoms with Crippen LogP contribution in [0.4, 0.5) is 4.79 Å². The molecule has 0 unspecified atom stereocenters. The van der Waals surface area contributed by atoms with E-state index in [2.05, 4.69) is 15.5 Å². The van der Waals surface area contributed by atoms with E-state index in [0.717, 1.165) is 51.9 Å². The van der Waals surface area contributed by atoms with Crippen molar-refractivity contribution in [2.45, 2.75) is 63.5 Å². The van der Waals surface area contributed by atoms with Crippen LogP contribution in [-0.2, 0) is 4.79 Å². The van der Waals surface area contributed by atoms with E-state index in [9.17, 15) is 9.59 Å². The Hall–Kier alpha value is -1.30. The van der Waals surface area contributed by atoms with Crippen molar-refractivity contribution in [1.29, 1.82) is 0 Å². The Labute approximate surface area is 139 Å². The zero-order valence-corrected chi connectivity index (χ0v) is 14.1. The van der Waals surface area contributed by atoms with Crippen LogP contribution in [0.5, 0.6) is 0 Å². The summed E-state index contributed by atoms with van der Waals surface area (Å²) in [4.78, 5) is 28.3. The number of urea groups is 1. The molecule has 2 saturated carbocycles. The molecule has 3 aliphatic rings. The van der Waals surface area contributed by atoms with Crippen molar-refractivity contribution in [3.63, 3.8) is 0 Å². The first-order chi connectivity index (χ1) is 11.2. The quantitative estimate of drug-likeness (QED) is 0.767. The van der Waals surface area contributed by atoms with Crippen LogP contribution in [0, 0.1) is 0 Å². The fourth-order valence-corrected chi connectivity index (χ4v) is 3.50. The fraction of sp³-hybridized carbons (Fsp3) is 0.882. The van der Waals surface area contributed by atoms with Crippen molar-refractivity contribution in [2.75, 3.05) is 32.7 Å². The SMILES string of the molecule is O=C(CN1CCN(C(=O)NC2CCCCCC2)CC1)NC1CC1. The smallest absolute Gasteiger partial charge is 0.317 e. The van der Waals surface area contributed by atoms with Crippen molar-refractivity contribution in [3.05, 3.63) is 0 Å². The minimum atomic E-state index is 0.0824. The van der Waals surface area contributed by atoms with Gasteiger partial charge < -0.3 is 15.5 Å². The molecule has 1 aliphatic heterocycles. The molecule has 130 valence electrons. The van der Waals surface area contributed by atoms with Gasteiger partial charge in [0.25, 0.3) is 0 Å². The second-order valence-electron chi connectivity index (χ2n) is 7.24. The number of amides is 3. The van der Waals surface area contributed by atoms with E-state index >= 15 is 0 Å². The Morgan fingerprint density at radius 1 is 0.783 bits per heavy atom. The van der Waals surface area contributed by atoms with Crippen molar-refractivity contribution >= 4 is 11.9 Å². The van der Waals surface area contributed by atoms with E-state index in [1.807, 2.05) is 4.90 Å². The van der Waals surface area contributed by atoms with Gasteiger partial charge in [-0.3, -0.25) is 9.69 Å². The third-order valence-electron chi connectivity index (χ3n) is 5.15. The number of hydrogen-bond donors (Lipinski definition) is 2. The van der Waals surface area contributed by atoms with Crippen molar-refractivity contribution in [2.24, 2.45) is 0 Å². The van der Waals surface area contributed by atoms with Crippen LogP contribution in [-0.4, -0.2) is 66.5 Å². The predicted octanol–water partition coefficient (Wildman–Crippen LogP) is 1.32. The van der Waals surface area contributed by atoms with E-state index in [1.54, 1.807) is 0 Å². The minimum Gasteiger partial charge on any atom is -0.352 e. The van der Waals surface area contributed by atoms with Crippen LogP contribution in [0.1, 0.15) is 51.4 Å². The third kappa shape index (κ3) is 5.37. The van der Waals surface area contributed by atoms with Crippen LogP contribution in [0.3, 0.4) is 0 Å². The first-order valence-electron chi connectivity index (χ1n) is 9.28. The summed E-state index contributed by atoms with van der Waals surface area (Å²) in [7, 11) is 0. The zero-order valence-electron chi connectivity index (χ0n) is 14.1. The largest absolute Gasteiger partial charge is 0.352 e. The predicted molar refractivity (Wildman–Crippen MR) is 89.2 cm³/mol. The van der Waals surface area contributed by atoms with E-state index in [0.29, 0.717) is 18.6 Å². The normalized spacial score (nSPS) is 24.1. The lowest BCUT2D eigenvalue weighted by atomic mass is 10.1. The maximum atomic E-state index is 12.4. The molecule has 1 saturated heterocycles. The van der Waals surface area contributed by atoms with Gasteiger partial charge in [-0.2, -0.15) is 0 Å². The fourth-order valence-electron chi connectivity index (χ4n) is 3.50. The monoisotopic (exact) mass is 322 g/mol. The highest BCUT2D eigenvalue weighted by Gasteiger charge is 2.27. The number of piperazine rings is 1. The van der Waals surface area contributed by atoms with Gasteiger partial charge in [-0.25, -0.2) is 4.79 Å². The summed E-state index contributed by atoms with van der Waals surface area (Å²) >= 11 is 0. The molecule has 0 bridgehead atoms. The summed E-state index contributed by atoms with van der Waals surface area (Å²) < 4.78 is 0. The van der Waals surface area contributed by atoms with Gasteiger partial charge in [-0.05, 0) is 25.7 Å². The van der Waals surface area contributed by atoms with E-state index in [4.69, 9.17) is 0 Å². The highest BCUT2D eigenvalue weighted by molar-refractivity contribution is 5.78. The number of carbonyl (C=O) groups excluding carboxylic acids is 2. The van der Waals surface area contributed by atoms with Gasteiger partial charge in [0.05, 0.1) is 6.54 Å². The molecule has 3 rings (SSSR count). The topological polar surface area (TPSA) is 64.7 Å². The highest BCUT2D eigenvalue weighted by Crippen LogP contribution is 2.19. The summed E-state index contributed by atoms with van der Waals surface area (Å²) in [6.45, 7) is 3.48. The molecule has 0 aromatic carbocycles. The second kappa shape index (κ2) is 7.99. The summed E-state index contributed by atoms with van der Waals surface area (Å²) in [6, 6.07) is 0.862. The average molecular weight is 322 g/mol. The molecule has 1 heterocycles. The summed E-state index contributed by atoms with van der Waals surface area (Å²) in [5.41, 5.74) is 0. The van der Waals surface area contributed by atoms with Gasteiger partial charge in [0.2, 0.25) is 5.91 Å². The van der Waals surface area contributed by atoms with E-state index < -0.39 is 0 Å². The molecule has 6 heteroatoms. The van der Waals surface area contributed by atoms with Gasteiger partial charge in [-0.15, -0.1) is 0 Å². The Bertz CT molecular complexity index is 409. The second-order valence-corrected chi connectivity index (χ2v) is 7.24. The van der Waals surface area contributed by atoms with Gasteiger partial charge >= 0.3 is 6.03 Å². The van der Waals surface area contributed by atoms with Gasteiger partial charge in [0.15, 0.2) is 0 Å². The van der Waals surface area contributed by atoms with Crippen LogP contribution >= 0.6 is 0 Å². The molecule has 0 aromatic heterocycles. The molecule has 2 aliphatic carbocycles. The van der Waals surface area contributed by atoms with Crippen molar-refractivity contribution in [3.8, 4) is 0 Å². The van der Waals surface area contributed by atoms with Crippen molar-refractivity contribution < 1.29 is 9.59 Å². The Balaban J connectivity index is 1.35. The molecule has 23 heavy (non-hydrogen) atoms. The van der Waals surface area contributed by atoms with Crippen LogP contribution in [0.15, 0.2) is 0 Å². The van der Waals surface area contributed by atoms with Gasteiger partial charge in [-0.1, -0.05) is 25.7 Å². The molecule has 0 spiro atoms. The molecule has 0 atom stereocenters. The van der Waals surface area contributed by atoms with Crippen LogP contribution in [0.25, 0.3) is 0 Å². The maximum Gasteiger partial charge on any atom is 0.317 e. The molecular formula is C17H30N4O2. The number of hydrogen-bond acceptors (Lipinski definition) is 3. The standard InChI is InChI=1S/C17H30N4O2/c22-16(18-15-7-8-15)13-20-9-11-21(12-10-20)17(23)19-14-5-3-1-2-4-6-14/h14-15H,1-13H2,(H,18,22)(H,19,23). The lowest BCUT2D eigenvalue weighted by Crippen LogP contribution is -2.54. The summed E-state index contributed by atoms with van der Waals surface area (Å²) in [5, 5.41) is 6.23. The summed E-state index contributed by atoms with van der Waals surface area (Å²) in [5.74, 6) is 0.129. The van der Waals surface area contributed by atoms with Gasteiger partial charge in [0.1, 0.15) is 0 Å². The number of nitrogens with zero attached hydrogens (tertiary/aromatic N) is 2. The maximum absolute atomic E-state index is 12.4. The molecular weight excluding hydrogens is 292 g/mol. The van der Waals surface area contributed by atoms with Crippen LogP contribution in [0.2, 0.25) is 0 Å². The first-order valence-corrected chi connectivity index (χ1v) is 9.28. The Morgan fingerprint density at radius 3 is 2.00 bits per heavy atom. The third-order valence-corrected chi connectivity index (χ3v) is 5.15. The first kappa shape index (κ1) is 16.6.